The van der Waals surface area contributed by atoms with Crippen LogP contribution in [-0.2, 0) is 6.42 Å². The van der Waals surface area contributed by atoms with Crippen molar-refractivity contribution in [2.75, 3.05) is 44.7 Å². The van der Waals surface area contributed by atoms with Crippen LogP contribution in [0.2, 0.25) is 0 Å². The van der Waals surface area contributed by atoms with Crippen molar-refractivity contribution in [2.45, 2.75) is 12.8 Å². The number of aromatic nitrogens is 1. The van der Waals surface area contributed by atoms with Gasteiger partial charge < -0.3 is 15.1 Å². The van der Waals surface area contributed by atoms with Crippen molar-refractivity contribution in [3.63, 3.8) is 0 Å². The van der Waals surface area contributed by atoms with Crippen molar-refractivity contribution in [3.05, 3.63) is 60.0 Å². The first kappa shape index (κ1) is 21.4. The Morgan fingerprint density at radius 1 is 1.15 bits per heavy atom. The van der Waals surface area contributed by atoms with Crippen LogP contribution in [0.15, 0.2) is 53.7 Å². The molecule has 1 aromatic carbocycles. The van der Waals surface area contributed by atoms with E-state index in [1.54, 1.807) is 12.1 Å². The van der Waals surface area contributed by atoms with Gasteiger partial charge in [0.15, 0.2) is 5.96 Å². The number of benzene rings is 1. The number of guanidine groups is 1. The molecule has 146 valence electrons. The summed E-state index contributed by atoms with van der Waals surface area (Å²) in [4.78, 5) is 13.4. The summed E-state index contributed by atoms with van der Waals surface area (Å²) in [6.07, 6.45) is 3.63. The van der Waals surface area contributed by atoms with E-state index in [-0.39, 0.29) is 29.8 Å². The number of rotatable bonds is 5. The second kappa shape index (κ2) is 11.1. The zero-order valence-corrected chi connectivity index (χ0v) is 18.0. The molecule has 3 rings (SSSR count). The van der Waals surface area contributed by atoms with Gasteiger partial charge in [-0.05, 0) is 42.7 Å². The number of aryl methyl sites for hydroxylation is 1. The first-order chi connectivity index (χ1) is 12.8. The fourth-order valence-corrected chi connectivity index (χ4v) is 3.21. The molecule has 0 spiro atoms. The molecule has 27 heavy (non-hydrogen) atoms. The van der Waals surface area contributed by atoms with Gasteiger partial charge in [0.05, 0.1) is 0 Å². The number of aliphatic imine (C=N–C) groups is 1. The van der Waals surface area contributed by atoms with E-state index in [0.717, 1.165) is 62.9 Å². The number of halogens is 2. The van der Waals surface area contributed by atoms with Crippen LogP contribution in [0.3, 0.4) is 0 Å². The summed E-state index contributed by atoms with van der Waals surface area (Å²) < 4.78 is 13.2. The molecule has 1 fully saturated rings. The number of anilines is 1. The summed E-state index contributed by atoms with van der Waals surface area (Å²) in [5.41, 5.74) is 1.03. The summed E-state index contributed by atoms with van der Waals surface area (Å²) >= 11 is 0. The summed E-state index contributed by atoms with van der Waals surface area (Å²) in [7, 11) is 1.82. The van der Waals surface area contributed by atoms with E-state index < -0.39 is 0 Å². The third-order valence-corrected chi connectivity index (χ3v) is 4.58. The first-order valence-electron chi connectivity index (χ1n) is 9.12. The lowest BCUT2D eigenvalue weighted by atomic mass is 10.1. The number of hydrogen-bond acceptors (Lipinski definition) is 3. The zero-order chi connectivity index (χ0) is 18.2. The second-order valence-corrected chi connectivity index (χ2v) is 6.37. The van der Waals surface area contributed by atoms with E-state index in [9.17, 15) is 4.39 Å². The van der Waals surface area contributed by atoms with Crippen LogP contribution in [0.1, 0.15) is 12.0 Å². The minimum Gasteiger partial charge on any atom is -0.356 e. The molecule has 0 radical (unpaired) electrons. The smallest absolute Gasteiger partial charge is 0.193 e. The van der Waals surface area contributed by atoms with Crippen molar-refractivity contribution in [2.24, 2.45) is 4.99 Å². The maximum Gasteiger partial charge on any atom is 0.193 e. The average molecular weight is 483 g/mol. The predicted molar refractivity (Wildman–Crippen MR) is 120 cm³/mol. The highest BCUT2D eigenvalue weighted by Crippen LogP contribution is 2.12. The molecule has 5 nitrogen and oxygen atoms in total. The minimum absolute atomic E-state index is 0. The third kappa shape index (κ3) is 6.34. The van der Waals surface area contributed by atoms with Gasteiger partial charge in [-0.3, -0.25) is 4.99 Å². The van der Waals surface area contributed by atoms with E-state index >= 15 is 0 Å². The fourth-order valence-electron chi connectivity index (χ4n) is 3.21. The van der Waals surface area contributed by atoms with E-state index in [1.807, 2.05) is 31.4 Å². The van der Waals surface area contributed by atoms with Crippen LogP contribution >= 0.6 is 24.0 Å². The lowest BCUT2D eigenvalue weighted by Crippen LogP contribution is -2.52. The molecular weight excluding hydrogens is 456 g/mol. The molecule has 0 aliphatic carbocycles. The maximum absolute atomic E-state index is 13.2. The Morgan fingerprint density at radius 3 is 2.63 bits per heavy atom. The molecule has 2 heterocycles. The lowest BCUT2D eigenvalue weighted by Gasteiger charge is -2.37. The molecule has 1 aliphatic heterocycles. The van der Waals surface area contributed by atoms with Gasteiger partial charge in [0.25, 0.3) is 0 Å². The van der Waals surface area contributed by atoms with Crippen LogP contribution in [0.25, 0.3) is 0 Å². The number of piperazine rings is 1. The minimum atomic E-state index is -0.169. The third-order valence-electron chi connectivity index (χ3n) is 4.58. The average Bonchev–Trinajstić information content (AvgIpc) is 2.69. The number of pyridine rings is 1. The predicted octanol–water partition coefficient (Wildman–Crippen LogP) is 3.17. The van der Waals surface area contributed by atoms with Crippen molar-refractivity contribution in [1.82, 2.24) is 15.2 Å². The van der Waals surface area contributed by atoms with Gasteiger partial charge in [-0.2, -0.15) is 0 Å². The van der Waals surface area contributed by atoms with Gasteiger partial charge in [-0.15, -0.1) is 24.0 Å². The quantitative estimate of drug-likeness (QED) is 0.307. The Labute approximate surface area is 177 Å². The number of hydrogen-bond donors (Lipinski definition) is 1. The molecule has 0 bridgehead atoms. The molecule has 0 atom stereocenters. The Hall–Kier alpha value is -1.90. The van der Waals surface area contributed by atoms with E-state index in [2.05, 4.69) is 31.2 Å². The normalized spacial score (nSPS) is 14.7. The summed E-state index contributed by atoms with van der Waals surface area (Å²) in [5.74, 6) is 1.80. The molecule has 1 N–H and O–H groups in total. The fraction of sp³-hybridized carbons (Fsp3) is 0.400. The van der Waals surface area contributed by atoms with E-state index in [4.69, 9.17) is 0 Å². The monoisotopic (exact) mass is 483 g/mol. The molecule has 1 aliphatic rings. The number of nitrogens with one attached hydrogen (secondary N) is 1. The van der Waals surface area contributed by atoms with Crippen LogP contribution < -0.4 is 10.2 Å². The number of nitrogens with zero attached hydrogens (tertiary/aromatic N) is 4. The summed E-state index contributed by atoms with van der Waals surface area (Å²) in [6, 6.07) is 12.8. The highest BCUT2D eigenvalue weighted by molar-refractivity contribution is 14.0. The van der Waals surface area contributed by atoms with Gasteiger partial charge in [0, 0.05) is 46.0 Å². The van der Waals surface area contributed by atoms with Gasteiger partial charge in [0.2, 0.25) is 0 Å². The maximum atomic E-state index is 13.2. The van der Waals surface area contributed by atoms with Crippen molar-refractivity contribution in [3.8, 4) is 0 Å². The van der Waals surface area contributed by atoms with Crippen LogP contribution in [0.4, 0.5) is 10.2 Å². The van der Waals surface area contributed by atoms with Gasteiger partial charge in [-0.25, -0.2) is 9.37 Å². The summed E-state index contributed by atoms with van der Waals surface area (Å²) in [5, 5.41) is 3.43. The topological polar surface area (TPSA) is 43.8 Å². The van der Waals surface area contributed by atoms with Gasteiger partial charge in [0.1, 0.15) is 11.6 Å². The highest BCUT2D eigenvalue weighted by atomic mass is 127. The van der Waals surface area contributed by atoms with Crippen molar-refractivity contribution >= 4 is 35.8 Å². The van der Waals surface area contributed by atoms with Crippen LogP contribution in [0, 0.1) is 5.82 Å². The first-order valence-corrected chi connectivity index (χ1v) is 9.12. The van der Waals surface area contributed by atoms with Gasteiger partial charge in [-0.1, -0.05) is 18.2 Å². The Kier molecular flexibility index (Phi) is 8.77. The zero-order valence-electron chi connectivity index (χ0n) is 15.6. The molecule has 1 aromatic heterocycles. The highest BCUT2D eigenvalue weighted by Gasteiger charge is 2.20. The van der Waals surface area contributed by atoms with Crippen LogP contribution in [-0.4, -0.2) is 55.6 Å². The van der Waals surface area contributed by atoms with E-state index in [1.165, 1.54) is 6.07 Å². The van der Waals surface area contributed by atoms with Crippen LogP contribution in [0.5, 0.6) is 0 Å². The van der Waals surface area contributed by atoms with E-state index in [0.29, 0.717) is 0 Å². The molecular formula is C20H27FIN5. The molecule has 7 heteroatoms. The standard InChI is InChI=1S/C20H26FN5.HI/c1-22-20(24-11-5-7-17-6-4-8-18(21)16-17)26-14-12-25(13-15-26)19-9-2-3-10-23-19;/h2-4,6,8-10,16H,5,7,11-15H2,1H3,(H,22,24);1H. The largest absolute Gasteiger partial charge is 0.356 e. The lowest BCUT2D eigenvalue weighted by molar-refractivity contribution is 0.371. The molecule has 1 saturated heterocycles. The SMILES string of the molecule is CN=C(NCCCc1cccc(F)c1)N1CCN(c2ccccn2)CC1.I. The molecule has 0 amide bonds. The Balaban J connectivity index is 0.00000261. The molecule has 0 saturated carbocycles. The molecule has 0 unspecified atom stereocenters. The Morgan fingerprint density at radius 2 is 1.96 bits per heavy atom. The molecule has 2 aromatic rings. The summed E-state index contributed by atoms with van der Waals surface area (Å²) in [6.45, 7) is 4.52. The van der Waals surface area contributed by atoms with Gasteiger partial charge >= 0.3 is 0 Å². The van der Waals surface area contributed by atoms with Crippen molar-refractivity contribution in [1.29, 1.82) is 0 Å². The van der Waals surface area contributed by atoms with Crippen molar-refractivity contribution < 1.29 is 4.39 Å². The second-order valence-electron chi connectivity index (χ2n) is 6.37. The Bertz CT molecular complexity index is 717.